The topological polar surface area (TPSA) is 95.6 Å². The Morgan fingerprint density at radius 3 is 2.88 bits per heavy atom. The zero-order valence-corrected chi connectivity index (χ0v) is 10.1. The number of hydrogen-bond acceptors (Lipinski definition) is 4. The van der Waals surface area contributed by atoms with Gasteiger partial charge >= 0.3 is 0 Å². The van der Waals surface area contributed by atoms with Crippen LogP contribution in [0.1, 0.15) is 10.4 Å². The normalized spacial score (nSPS) is 12.2. The fourth-order valence-corrected chi connectivity index (χ4v) is 1.54. The lowest BCUT2D eigenvalue weighted by atomic mass is 10.2. The number of carbonyl (C=O) groups excluding carboxylic acids is 1. The van der Waals surface area contributed by atoms with Gasteiger partial charge < -0.3 is 21.3 Å². The van der Waals surface area contributed by atoms with Gasteiger partial charge in [-0.1, -0.05) is 6.07 Å². The van der Waals surface area contributed by atoms with Gasteiger partial charge in [-0.2, -0.15) is 0 Å². The van der Waals surface area contributed by atoms with Gasteiger partial charge in [0.15, 0.2) is 0 Å². The van der Waals surface area contributed by atoms with Gasteiger partial charge in [0.2, 0.25) is 0 Å². The molecule has 1 aromatic rings. The second-order valence-electron chi connectivity index (χ2n) is 3.26. The number of nitrogens with one attached hydrogen (secondary N) is 1. The van der Waals surface area contributed by atoms with Crippen molar-refractivity contribution in [2.24, 2.45) is 0 Å². The Balaban J connectivity index is 2.70. The number of aliphatic hydroxyl groups is 2. The molecular formula is C10H13BrN2O3. The lowest BCUT2D eigenvalue weighted by Gasteiger charge is -2.10. The molecular weight excluding hydrogens is 276 g/mol. The molecule has 0 bridgehead atoms. The molecule has 1 amide bonds. The summed E-state index contributed by atoms with van der Waals surface area (Å²) in [5.74, 6) is -0.355. The van der Waals surface area contributed by atoms with Gasteiger partial charge in [0.1, 0.15) is 0 Å². The summed E-state index contributed by atoms with van der Waals surface area (Å²) in [6, 6.07) is 4.95. The average molecular weight is 289 g/mol. The van der Waals surface area contributed by atoms with Crippen molar-refractivity contribution in [3.8, 4) is 0 Å². The van der Waals surface area contributed by atoms with Crippen molar-refractivity contribution in [2.75, 3.05) is 18.9 Å². The Hall–Kier alpha value is -1.11. The van der Waals surface area contributed by atoms with Crippen molar-refractivity contribution >= 4 is 27.5 Å². The van der Waals surface area contributed by atoms with Crippen molar-refractivity contribution in [3.05, 3.63) is 28.2 Å². The summed E-state index contributed by atoms with van der Waals surface area (Å²) in [5.41, 5.74) is 6.49. The number of benzene rings is 1. The summed E-state index contributed by atoms with van der Waals surface area (Å²) in [5, 5.41) is 20.1. The van der Waals surface area contributed by atoms with Crippen LogP contribution in [-0.2, 0) is 0 Å². The van der Waals surface area contributed by atoms with E-state index < -0.39 is 12.7 Å². The molecule has 0 aliphatic rings. The third-order valence-electron chi connectivity index (χ3n) is 1.98. The Bertz CT molecular complexity index is 384. The summed E-state index contributed by atoms with van der Waals surface area (Å²) in [6.07, 6.45) is -0.955. The molecule has 1 aromatic carbocycles. The lowest BCUT2D eigenvalue weighted by molar-refractivity contribution is 0.0801. The summed E-state index contributed by atoms with van der Waals surface area (Å²) >= 11 is 3.21. The van der Waals surface area contributed by atoms with E-state index in [-0.39, 0.29) is 12.5 Å². The van der Waals surface area contributed by atoms with Gasteiger partial charge in [0.05, 0.1) is 22.7 Å². The molecule has 0 aromatic heterocycles. The lowest BCUT2D eigenvalue weighted by Crippen LogP contribution is -2.34. The maximum Gasteiger partial charge on any atom is 0.252 e. The van der Waals surface area contributed by atoms with Crippen LogP contribution in [0.4, 0.5) is 5.69 Å². The number of anilines is 1. The van der Waals surface area contributed by atoms with E-state index in [2.05, 4.69) is 21.2 Å². The minimum absolute atomic E-state index is 0.00340. The maximum atomic E-state index is 11.6. The fourth-order valence-electron chi connectivity index (χ4n) is 1.10. The van der Waals surface area contributed by atoms with Crippen molar-refractivity contribution in [1.29, 1.82) is 0 Å². The zero-order chi connectivity index (χ0) is 12.1. The number of halogens is 1. The standard InChI is InChI=1S/C10H13BrN2O3/c11-9-7(2-1-3-8(9)12)10(16)13-4-6(15)5-14/h1-3,6,14-15H,4-5,12H2,(H,13,16). The molecule has 5 nitrogen and oxygen atoms in total. The molecule has 88 valence electrons. The molecule has 0 saturated carbocycles. The molecule has 6 heteroatoms. The Kier molecular flexibility index (Phi) is 4.72. The summed E-state index contributed by atoms with van der Waals surface area (Å²) in [4.78, 5) is 11.6. The van der Waals surface area contributed by atoms with Crippen LogP contribution in [0.5, 0.6) is 0 Å². The molecule has 16 heavy (non-hydrogen) atoms. The third-order valence-corrected chi connectivity index (χ3v) is 2.87. The quantitative estimate of drug-likeness (QED) is 0.592. The molecule has 0 saturated heterocycles. The van der Waals surface area contributed by atoms with Crippen molar-refractivity contribution in [2.45, 2.75) is 6.10 Å². The van der Waals surface area contributed by atoms with E-state index >= 15 is 0 Å². The van der Waals surface area contributed by atoms with Gasteiger partial charge in [-0.15, -0.1) is 0 Å². The number of aliphatic hydroxyl groups excluding tert-OH is 2. The SMILES string of the molecule is Nc1cccc(C(=O)NCC(O)CO)c1Br. The highest BCUT2D eigenvalue weighted by Gasteiger charge is 2.12. The van der Waals surface area contributed by atoms with Crippen molar-refractivity contribution in [1.82, 2.24) is 5.32 Å². The highest BCUT2D eigenvalue weighted by atomic mass is 79.9. The van der Waals surface area contributed by atoms with Crippen LogP contribution >= 0.6 is 15.9 Å². The van der Waals surface area contributed by atoms with Gasteiger partial charge in [0, 0.05) is 12.2 Å². The number of nitrogens with two attached hydrogens (primary N) is 1. The fraction of sp³-hybridized carbons (Fsp3) is 0.300. The van der Waals surface area contributed by atoms with Gasteiger partial charge in [0.25, 0.3) is 5.91 Å². The van der Waals surface area contributed by atoms with Crippen LogP contribution in [0.2, 0.25) is 0 Å². The third kappa shape index (κ3) is 3.19. The van der Waals surface area contributed by atoms with Gasteiger partial charge in [-0.3, -0.25) is 4.79 Å². The highest BCUT2D eigenvalue weighted by molar-refractivity contribution is 9.10. The van der Waals surface area contributed by atoms with Gasteiger partial charge in [-0.25, -0.2) is 0 Å². The van der Waals surface area contributed by atoms with Crippen LogP contribution in [-0.4, -0.2) is 35.4 Å². The first-order valence-corrected chi connectivity index (χ1v) is 5.46. The minimum atomic E-state index is -0.955. The zero-order valence-electron chi connectivity index (χ0n) is 8.48. The van der Waals surface area contributed by atoms with E-state index in [4.69, 9.17) is 15.9 Å². The number of rotatable bonds is 4. The van der Waals surface area contributed by atoms with E-state index in [1.54, 1.807) is 18.2 Å². The van der Waals surface area contributed by atoms with E-state index in [9.17, 15) is 4.79 Å². The number of amides is 1. The summed E-state index contributed by atoms with van der Waals surface area (Å²) < 4.78 is 0.519. The second kappa shape index (κ2) is 5.83. The molecule has 0 aliphatic carbocycles. The summed E-state index contributed by atoms with van der Waals surface area (Å²) in [6.45, 7) is -0.394. The second-order valence-corrected chi connectivity index (χ2v) is 4.05. The van der Waals surface area contributed by atoms with Gasteiger partial charge in [-0.05, 0) is 28.1 Å². The molecule has 0 aliphatic heterocycles. The summed E-state index contributed by atoms with van der Waals surface area (Å²) in [7, 11) is 0. The molecule has 0 heterocycles. The smallest absolute Gasteiger partial charge is 0.252 e. The number of carbonyl (C=O) groups is 1. The highest BCUT2D eigenvalue weighted by Crippen LogP contribution is 2.23. The van der Waals surface area contributed by atoms with Crippen LogP contribution in [0, 0.1) is 0 Å². The average Bonchev–Trinajstić information content (AvgIpc) is 2.29. The van der Waals surface area contributed by atoms with Crippen LogP contribution in [0.25, 0.3) is 0 Å². The molecule has 0 spiro atoms. The van der Waals surface area contributed by atoms with E-state index in [0.29, 0.717) is 15.7 Å². The van der Waals surface area contributed by atoms with E-state index in [1.165, 1.54) is 0 Å². The molecule has 1 atom stereocenters. The Morgan fingerprint density at radius 1 is 1.56 bits per heavy atom. The number of hydrogen-bond donors (Lipinski definition) is 4. The molecule has 1 unspecified atom stereocenters. The first-order valence-electron chi connectivity index (χ1n) is 4.67. The minimum Gasteiger partial charge on any atom is -0.398 e. The first kappa shape index (κ1) is 13.0. The first-order chi connectivity index (χ1) is 7.56. The molecule has 5 N–H and O–H groups in total. The van der Waals surface area contributed by atoms with E-state index in [1.807, 2.05) is 0 Å². The Morgan fingerprint density at radius 2 is 2.25 bits per heavy atom. The predicted molar refractivity (Wildman–Crippen MR) is 64.0 cm³/mol. The molecule has 0 fully saturated rings. The van der Waals surface area contributed by atoms with Crippen LogP contribution in [0.3, 0.4) is 0 Å². The molecule has 1 rings (SSSR count). The van der Waals surface area contributed by atoms with Crippen molar-refractivity contribution in [3.63, 3.8) is 0 Å². The monoisotopic (exact) mass is 288 g/mol. The van der Waals surface area contributed by atoms with Crippen LogP contribution < -0.4 is 11.1 Å². The predicted octanol–water partition coefficient (Wildman–Crippen LogP) is 0.114. The Labute approximate surface area is 101 Å². The van der Waals surface area contributed by atoms with Crippen molar-refractivity contribution < 1.29 is 15.0 Å². The maximum absolute atomic E-state index is 11.6. The number of nitrogen functional groups attached to an aromatic ring is 1. The van der Waals surface area contributed by atoms with E-state index in [0.717, 1.165) is 0 Å². The molecule has 0 radical (unpaired) electrons. The largest absolute Gasteiger partial charge is 0.398 e. The van der Waals surface area contributed by atoms with Crippen LogP contribution in [0.15, 0.2) is 22.7 Å².